The predicted molar refractivity (Wildman–Crippen MR) is 80.4 cm³/mol. The van der Waals surface area contributed by atoms with E-state index >= 15 is 0 Å². The van der Waals surface area contributed by atoms with E-state index in [9.17, 15) is 5.11 Å². The Morgan fingerprint density at radius 2 is 2.05 bits per heavy atom. The molecule has 3 nitrogen and oxygen atoms in total. The minimum absolute atomic E-state index is 0.261. The Balaban J connectivity index is 1.81. The predicted octanol–water partition coefficient (Wildman–Crippen LogP) is 1.96. The van der Waals surface area contributed by atoms with Gasteiger partial charge in [0.05, 0.1) is 6.61 Å². The van der Waals surface area contributed by atoms with Crippen molar-refractivity contribution in [3.8, 4) is 0 Å². The first-order valence-electron chi connectivity index (χ1n) is 7.14. The van der Waals surface area contributed by atoms with Gasteiger partial charge < -0.3 is 10.4 Å². The van der Waals surface area contributed by atoms with E-state index in [4.69, 9.17) is 0 Å². The maximum atomic E-state index is 9.70. The van der Waals surface area contributed by atoms with E-state index in [1.807, 2.05) is 0 Å². The highest BCUT2D eigenvalue weighted by Crippen LogP contribution is 2.41. The molecule has 2 heterocycles. The SMILES string of the molecule is OC[C@H]1[C@@H](c2ccc(Br)cc2)[C@@H]2CNCCCCN12. The zero-order valence-electron chi connectivity index (χ0n) is 11.1. The highest BCUT2D eigenvalue weighted by atomic mass is 79.9. The monoisotopic (exact) mass is 324 g/mol. The summed E-state index contributed by atoms with van der Waals surface area (Å²) >= 11 is 3.49. The average molecular weight is 325 g/mol. The average Bonchev–Trinajstić information content (AvgIpc) is 2.39. The van der Waals surface area contributed by atoms with Crippen LogP contribution in [0.25, 0.3) is 0 Å². The van der Waals surface area contributed by atoms with Gasteiger partial charge in [0.2, 0.25) is 0 Å². The van der Waals surface area contributed by atoms with Gasteiger partial charge >= 0.3 is 0 Å². The number of hydrogen-bond donors (Lipinski definition) is 2. The summed E-state index contributed by atoms with van der Waals surface area (Å²) in [5.41, 5.74) is 1.35. The van der Waals surface area contributed by atoms with E-state index in [0.29, 0.717) is 18.0 Å². The van der Waals surface area contributed by atoms with Gasteiger partial charge in [-0.15, -0.1) is 0 Å². The molecule has 0 bridgehead atoms. The number of nitrogens with zero attached hydrogens (tertiary/aromatic N) is 1. The fourth-order valence-electron chi connectivity index (χ4n) is 3.53. The van der Waals surface area contributed by atoms with Gasteiger partial charge in [0, 0.05) is 29.0 Å². The molecule has 0 radical (unpaired) electrons. The van der Waals surface area contributed by atoms with Crippen molar-refractivity contribution in [1.82, 2.24) is 10.2 Å². The van der Waals surface area contributed by atoms with Gasteiger partial charge in [-0.3, -0.25) is 4.90 Å². The van der Waals surface area contributed by atoms with Crippen molar-refractivity contribution in [1.29, 1.82) is 0 Å². The first kappa shape index (κ1) is 13.6. The van der Waals surface area contributed by atoms with Crippen LogP contribution >= 0.6 is 15.9 Å². The first-order chi connectivity index (χ1) is 9.31. The number of rotatable bonds is 2. The largest absolute Gasteiger partial charge is 0.395 e. The van der Waals surface area contributed by atoms with Crippen molar-refractivity contribution < 1.29 is 5.11 Å². The molecule has 0 saturated carbocycles. The van der Waals surface area contributed by atoms with Gasteiger partial charge in [0.15, 0.2) is 0 Å². The van der Waals surface area contributed by atoms with Crippen LogP contribution in [0.4, 0.5) is 0 Å². The van der Waals surface area contributed by atoms with Crippen molar-refractivity contribution in [3.05, 3.63) is 34.3 Å². The minimum atomic E-state index is 0.261. The third-order valence-electron chi connectivity index (χ3n) is 4.50. The van der Waals surface area contributed by atoms with Gasteiger partial charge in [-0.1, -0.05) is 28.1 Å². The number of fused-ring (bicyclic) bond motifs is 1. The Hall–Kier alpha value is -0.420. The summed E-state index contributed by atoms with van der Waals surface area (Å²) in [6.07, 6.45) is 2.47. The third kappa shape index (κ3) is 2.59. The molecule has 2 aliphatic rings. The number of benzene rings is 1. The van der Waals surface area contributed by atoms with E-state index in [2.05, 4.69) is 50.4 Å². The molecule has 1 aromatic carbocycles. The normalized spacial score (nSPS) is 32.0. The second kappa shape index (κ2) is 5.92. The molecule has 19 heavy (non-hydrogen) atoms. The molecule has 0 unspecified atom stereocenters. The van der Waals surface area contributed by atoms with Gasteiger partial charge in [0.1, 0.15) is 0 Å². The summed E-state index contributed by atoms with van der Waals surface area (Å²) in [6, 6.07) is 9.41. The molecule has 1 aromatic rings. The Morgan fingerprint density at radius 1 is 1.26 bits per heavy atom. The standard InChI is InChI=1S/C15H21BrN2O/c16-12-5-3-11(4-6-12)15-13-9-17-7-1-2-8-18(13)14(15)10-19/h3-6,13-15,17,19H,1-2,7-10H2/t13-,14-,15-/m0/s1. The van der Waals surface area contributed by atoms with Gasteiger partial charge in [-0.05, 0) is 43.6 Å². The summed E-state index contributed by atoms with van der Waals surface area (Å²) in [5.74, 6) is 0.462. The van der Waals surface area contributed by atoms with Crippen molar-refractivity contribution in [3.63, 3.8) is 0 Å². The summed E-state index contributed by atoms with van der Waals surface area (Å²) < 4.78 is 1.11. The van der Waals surface area contributed by atoms with Gasteiger partial charge in [0.25, 0.3) is 0 Å². The molecule has 0 aromatic heterocycles. The summed E-state index contributed by atoms with van der Waals surface area (Å²) in [6.45, 7) is 3.56. The van der Waals surface area contributed by atoms with E-state index in [-0.39, 0.29) is 6.61 Å². The third-order valence-corrected chi connectivity index (χ3v) is 5.03. The van der Waals surface area contributed by atoms with Crippen molar-refractivity contribution in [2.45, 2.75) is 30.8 Å². The van der Waals surface area contributed by atoms with Crippen LogP contribution < -0.4 is 5.32 Å². The minimum Gasteiger partial charge on any atom is -0.395 e. The highest BCUT2D eigenvalue weighted by Gasteiger charge is 2.47. The van der Waals surface area contributed by atoms with Crippen LogP contribution in [0.1, 0.15) is 24.3 Å². The first-order valence-corrected chi connectivity index (χ1v) is 7.93. The van der Waals surface area contributed by atoms with Crippen LogP contribution in [0.3, 0.4) is 0 Å². The summed E-state index contributed by atoms with van der Waals surface area (Å²) in [5, 5.41) is 13.2. The Kier molecular flexibility index (Phi) is 4.22. The lowest BCUT2D eigenvalue weighted by molar-refractivity contribution is -0.0464. The van der Waals surface area contributed by atoms with E-state index < -0.39 is 0 Å². The zero-order valence-corrected chi connectivity index (χ0v) is 12.6. The second-order valence-electron chi connectivity index (χ2n) is 5.54. The second-order valence-corrected chi connectivity index (χ2v) is 6.46. The van der Waals surface area contributed by atoms with Crippen molar-refractivity contribution in [2.24, 2.45) is 0 Å². The van der Waals surface area contributed by atoms with Crippen LogP contribution in [0.15, 0.2) is 28.7 Å². The van der Waals surface area contributed by atoms with E-state index in [1.54, 1.807) is 0 Å². The van der Waals surface area contributed by atoms with Gasteiger partial charge in [-0.2, -0.15) is 0 Å². The molecule has 0 amide bonds. The van der Waals surface area contributed by atoms with Crippen LogP contribution in [0.5, 0.6) is 0 Å². The molecule has 2 saturated heterocycles. The molecule has 4 heteroatoms. The lowest BCUT2D eigenvalue weighted by Crippen LogP contribution is -2.67. The maximum absolute atomic E-state index is 9.70. The zero-order chi connectivity index (χ0) is 13.2. The van der Waals surface area contributed by atoms with Gasteiger partial charge in [-0.25, -0.2) is 0 Å². The molecule has 2 aliphatic heterocycles. The van der Waals surface area contributed by atoms with E-state index in [0.717, 1.165) is 24.1 Å². The number of aliphatic hydroxyl groups excluding tert-OH is 1. The Bertz CT molecular complexity index is 423. The molecular weight excluding hydrogens is 304 g/mol. The topological polar surface area (TPSA) is 35.5 Å². The lowest BCUT2D eigenvalue weighted by Gasteiger charge is -2.56. The Morgan fingerprint density at radius 3 is 2.79 bits per heavy atom. The fourth-order valence-corrected chi connectivity index (χ4v) is 3.80. The number of aliphatic hydroxyl groups is 1. The quantitative estimate of drug-likeness (QED) is 0.873. The van der Waals surface area contributed by atoms with E-state index in [1.165, 1.54) is 18.4 Å². The Labute approximate surface area is 123 Å². The smallest absolute Gasteiger partial charge is 0.0593 e. The lowest BCUT2D eigenvalue weighted by atomic mass is 9.74. The van der Waals surface area contributed by atoms with Crippen LogP contribution in [0.2, 0.25) is 0 Å². The molecule has 3 rings (SSSR count). The number of hydrogen-bond acceptors (Lipinski definition) is 3. The molecular formula is C15H21BrN2O. The van der Waals surface area contributed by atoms with Crippen LogP contribution in [-0.2, 0) is 0 Å². The van der Waals surface area contributed by atoms with Crippen LogP contribution in [0, 0.1) is 0 Å². The summed E-state index contributed by atoms with van der Waals surface area (Å²) in [7, 11) is 0. The molecule has 2 N–H and O–H groups in total. The fraction of sp³-hybridized carbons (Fsp3) is 0.600. The molecule has 104 valence electrons. The molecule has 0 spiro atoms. The van der Waals surface area contributed by atoms with Crippen molar-refractivity contribution >= 4 is 15.9 Å². The summed E-state index contributed by atoms with van der Waals surface area (Å²) in [4.78, 5) is 2.48. The highest BCUT2D eigenvalue weighted by molar-refractivity contribution is 9.10. The maximum Gasteiger partial charge on any atom is 0.0593 e. The number of halogens is 1. The number of nitrogens with one attached hydrogen (secondary N) is 1. The van der Waals surface area contributed by atoms with Crippen molar-refractivity contribution in [2.75, 3.05) is 26.2 Å². The molecule has 2 fully saturated rings. The molecule has 3 atom stereocenters. The molecule has 0 aliphatic carbocycles. The van der Waals surface area contributed by atoms with Crippen LogP contribution in [-0.4, -0.2) is 48.3 Å².